The fraction of sp³-hybridized carbons (Fsp3) is 0.267. The van der Waals surface area contributed by atoms with Crippen molar-refractivity contribution in [3.05, 3.63) is 53.2 Å². The number of urea groups is 1. The van der Waals surface area contributed by atoms with Gasteiger partial charge >= 0.3 is 6.03 Å². The summed E-state index contributed by atoms with van der Waals surface area (Å²) in [5, 5.41) is 13.1. The maximum Gasteiger partial charge on any atom is 0.320 e. The van der Waals surface area contributed by atoms with Gasteiger partial charge in [0, 0.05) is 6.20 Å². The number of carbonyl (C=O) groups excluding carboxylic acids is 1. The van der Waals surface area contributed by atoms with Crippen LogP contribution in [0.2, 0.25) is 0 Å². The first-order chi connectivity index (χ1) is 9.58. The summed E-state index contributed by atoms with van der Waals surface area (Å²) in [6.45, 7) is 6.08. The van der Waals surface area contributed by atoms with Crippen molar-refractivity contribution in [1.82, 2.24) is 15.5 Å². The largest absolute Gasteiger partial charge is 0.331 e. The van der Waals surface area contributed by atoms with E-state index in [0.717, 1.165) is 5.56 Å². The normalized spacial score (nSPS) is 11.8. The van der Waals surface area contributed by atoms with E-state index in [0.29, 0.717) is 5.82 Å². The molecule has 5 nitrogen and oxygen atoms in total. The van der Waals surface area contributed by atoms with Crippen molar-refractivity contribution in [1.29, 1.82) is 0 Å². The molecule has 0 aliphatic rings. The van der Waals surface area contributed by atoms with E-state index in [-0.39, 0.29) is 12.1 Å². The van der Waals surface area contributed by atoms with Crippen LogP contribution >= 0.6 is 0 Å². The molecule has 0 fully saturated rings. The fourth-order valence-electron chi connectivity index (χ4n) is 2.04. The number of anilines is 1. The molecule has 2 amide bonds. The second kappa shape index (κ2) is 6.14. The Bertz CT molecular complexity index is 598. The molecule has 0 radical (unpaired) electrons. The standard InChI is InChI=1S/C15H18N4O/c1-10-6-4-7-13(11(10)2)12(3)17-15(20)18-14-8-5-9-16-19-14/h4-9,12H,1-3H3,(H2,17,18,19,20). The maximum atomic E-state index is 11.9. The molecule has 1 unspecified atom stereocenters. The minimum atomic E-state index is -0.293. The van der Waals surface area contributed by atoms with Gasteiger partial charge in [0.15, 0.2) is 5.82 Å². The molecule has 104 valence electrons. The fourth-order valence-corrected chi connectivity index (χ4v) is 2.04. The molecule has 1 aromatic heterocycles. The molecular weight excluding hydrogens is 252 g/mol. The third-order valence-electron chi connectivity index (χ3n) is 3.27. The molecule has 1 heterocycles. The smallest absolute Gasteiger partial charge is 0.320 e. The second-order valence-electron chi connectivity index (χ2n) is 4.72. The van der Waals surface area contributed by atoms with E-state index in [1.807, 2.05) is 19.1 Å². The van der Waals surface area contributed by atoms with Gasteiger partial charge in [-0.15, -0.1) is 5.10 Å². The van der Waals surface area contributed by atoms with E-state index >= 15 is 0 Å². The Morgan fingerprint density at radius 3 is 2.70 bits per heavy atom. The molecule has 1 atom stereocenters. The number of amides is 2. The van der Waals surface area contributed by atoms with Gasteiger partial charge < -0.3 is 5.32 Å². The highest BCUT2D eigenvalue weighted by Gasteiger charge is 2.12. The zero-order valence-electron chi connectivity index (χ0n) is 11.8. The van der Waals surface area contributed by atoms with Crippen LogP contribution in [0.4, 0.5) is 10.6 Å². The molecule has 2 aromatic rings. The lowest BCUT2D eigenvalue weighted by Gasteiger charge is -2.18. The first-order valence-electron chi connectivity index (χ1n) is 6.49. The van der Waals surface area contributed by atoms with Crippen molar-refractivity contribution < 1.29 is 4.79 Å². The number of aryl methyl sites for hydroxylation is 1. The van der Waals surface area contributed by atoms with Gasteiger partial charge in [0.1, 0.15) is 0 Å². The van der Waals surface area contributed by atoms with Crippen molar-refractivity contribution in [3.8, 4) is 0 Å². The van der Waals surface area contributed by atoms with Gasteiger partial charge in [0.05, 0.1) is 6.04 Å². The van der Waals surface area contributed by atoms with Crippen molar-refractivity contribution >= 4 is 11.8 Å². The zero-order chi connectivity index (χ0) is 14.5. The number of hydrogen-bond acceptors (Lipinski definition) is 3. The predicted octanol–water partition coefficient (Wildman–Crippen LogP) is 2.98. The minimum absolute atomic E-state index is 0.0772. The Balaban J connectivity index is 2.02. The van der Waals surface area contributed by atoms with E-state index in [9.17, 15) is 4.79 Å². The molecule has 0 aliphatic heterocycles. The summed E-state index contributed by atoms with van der Waals surface area (Å²) in [5.74, 6) is 0.429. The van der Waals surface area contributed by atoms with Crippen LogP contribution in [0.1, 0.15) is 29.7 Å². The highest BCUT2D eigenvalue weighted by Crippen LogP contribution is 2.20. The number of nitrogens with one attached hydrogen (secondary N) is 2. The van der Waals surface area contributed by atoms with Crippen LogP contribution in [0.5, 0.6) is 0 Å². The third-order valence-corrected chi connectivity index (χ3v) is 3.27. The number of benzene rings is 1. The number of hydrogen-bond donors (Lipinski definition) is 2. The van der Waals surface area contributed by atoms with Gasteiger partial charge in [0.2, 0.25) is 0 Å². The summed E-state index contributed by atoms with van der Waals surface area (Å²) in [6.07, 6.45) is 1.56. The summed E-state index contributed by atoms with van der Waals surface area (Å²) < 4.78 is 0. The molecule has 2 rings (SSSR count). The van der Waals surface area contributed by atoms with Crippen LogP contribution < -0.4 is 10.6 Å². The highest BCUT2D eigenvalue weighted by molar-refractivity contribution is 5.88. The van der Waals surface area contributed by atoms with E-state index < -0.39 is 0 Å². The minimum Gasteiger partial charge on any atom is -0.331 e. The summed E-state index contributed by atoms with van der Waals surface area (Å²) in [7, 11) is 0. The Morgan fingerprint density at radius 1 is 1.20 bits per heavy atom. The Hall–Kier alpha value is -2.43. The lowest BCUT2D eigenvalue weighted by molar-refractivity contribution is 0.249. The Morgan fingerprint density at radius 2 is 2.00 bits per heavy atom. The molecule has 20 heavy (non-hydrogen) atoms. The van der Waals surface area contributed by atoms with Gasteiger partial charge in [-0.3, -0.25) is 5.32 Å². The summed E-state index contributed by atoms with van der Waals surface area (Å²) in [5.41, 5.74) is 3.52. The molecule has 0 saturated heterocycles. The molecule has 2 N–H and O–H groups in total. The second-order valence-corrected chi connectivity index (χ2v) is 4.72. The quantitative estimate of drug-likeness (QED) is 0.901. The molecule has 0 saturated carbocycles. The summed E-state index contributed by atoms with van der Waals surface area (Å²) >= 11 is 0. The van der Waals surface area contributed by atoms with Gasteiger partial charge in [-0.25, -0.2) is 4.79 Å². The molecule has 1 aromatic carbocycles. The summed E-state index contributed by atoms with van der Waals surface area (Å²) in [4.78, 5) is 11.9. The average molecular weight is 270 g/mol. The topological polar surface area (TPSA) is 66.9 Å². The van der Waals surface area contributed by atoms with Crippen molar-refractivity contribution in [2.75, 3.05) is 5.32 Å². The van der Waals surface area contributed by atoms with Gasteiger partial charge in [-0.2, -0.15) is 5.10 Å². The lowest BCUT2D eigenvalue weighted by atomic mass is 9.98. The van der Waals surface area contributed by atoms with Gasteiger partial charge in [-0.1, -0.05) is 18.2 Å². The number of nitrogens with zero attached hydrogens (tertiary/aromatic N) is 2. The average Bonchev–Trinajstić information content (AvgIpc) is 2.42. The van der Waals surface area contributed by atoms with E-state index in [2.05, 4.69) is 40.7 Å². The van der Waals surface area contributed by atoms with E-state index in [4.69, 9.17) is 0 Å². The first kappa shape index (κ1) is 14.0. The molecule has 0 spiro atoms. The lowest BCUT2D eigenvalue weighted by Crippen LogP contribution is -2.31. The SMILES string of the molecule is Cc1cccc(C(C)NC(=O)Nc2cccnn2)c1C. The van der Waals surface area contributed by atoms with Gasteiger partial charge in [-0.05, 0) is 49.6 Å². The third kappa shape index (κ3) is 3.32. The van der Waals surface area contributed by atoms with Crippen LogP contribution in [-0.4, -0.2) is 16.2 Å². The molecule has 0 aliphatic carbocycles. The molecular formula is C15H18N4O. The molecule has 0 bridgehead atoms. The maximum absolute atomic E-state index is 11.9. The highest BCUT2D eigenvalue weighted by atomic mass is 16.2. The monoisotopic (exact) mass is 270 g/mol. The van der Waals surface area contributed by atoms with Crippen LogP contribution in [-0.2, 0) is 0 Å². The number of aromatic nitrogens is 2. The van der Waals surface area contributed by atoms with Crippen LogP contribution in [0.3, 0.4) is 0 Å². The van der Waals surface area contributed by atoms with E-state index in [1.165, 1.54) is 11.1 Å². The number of rotatable bonds is 3. The van der Waals surface area contributed by atoms with Crippen molar-refractivity contribution in [2.45, 2.75) is 26.8 Å². The number of carbonyl (C=O) groups is 1. The Labute approximate surface area is 118 Å². The van der Waals surface area contributed by atoms with Crippen LogP contribution in [0.15, 0.2) is 36.5 Å². The van der Waals surface area contributed by atoms with Crippen LogP contribution in [0.25, 0.3) is 0 Å². The van der Waals surface area contributed by atoms with Gasteiger partial charge in [0.25, 0.3) is 0 Å². The Kier molecular flexibility index (Phi) is 4.30. The van der Waals surface area contributed by atoms with Crippen molar-refractivity contribution in [3.63, 3.8) is 0 Å². The first-order valence-corrected chi connectivity index (χ1v) is 6.49. The van der Waals surface area contributed by atoms with E-state index in [1.54, 1.807) is 18.3 Å². The van der Waals surface area contributed by atoms with Crippen LogP contribution in [0, 0.1) is 13.8 Å². The van der Waals surface area contributed by atoms with Crippen molar-refractivity contribution in [2.24, 2.45) is 0 Å². The predicted molar refractivity (Wildman–Crippen MR) is 78.5 cm³/mol. The molecule has 5 heteroatoms. The zero-order valence-corrected chi connectivity index (χ0v) is 11.8. The summed E-state index contributed by atoms with van der Waals surface area (Å²) in [6, 6.07) is 9.12.